The van der Waals surface area contributed by atoms with E-state index in [1.165, 1.54) is 29.7 Å². The van der Waals surface area contributed by atoms with Crippen LogP contribution < -0.4 is 15.5 Å². The van der Waals surface area contributed by atoms with Crippen LogP contribution in [0.15, 0.2) is 48.5 Å². The van der Waals surface area contributed by atoms with Crippen LogP contribution in [0.25, 0.3) is 0 Å². The van der Waals surface area contributed by atoms with E-state index in [-0.39, 0.29) is 5.91 Å². The molecule has 0 spiro atoms. The first-order chi connectivity index (χ1) is 12.6. The first kappa shape index (κ1) is 18.5. The van der Waals surface area contributed by atoms with Crippen molar-refractivity contribution in [2.45, 2.75) is 25.2 Å². The van der Waals surface area contributed by atoms with Crippen LogP contribution in [0.5, 0.6) is 0 Å². The first-order valence-corrected chi connectivity index (χ1v) is 9.48. The Labute approximate surface area is 156 Å². The zero-order chi connectivity index (χ0) is 18.4. The van der Waals surface area contributed by atoms with E-state index < -0.39 is 0 Å². The molecule has 1 fully saturated rings. The highest BCUT2D eigenvalue weighted by molar-refractivity contribution is 5.94. The second-order valence-corrected chi connectivity index (χ2v) is 7.24. The maximum atomic E-state index is 12.5. The lowest BCUT2D eigenvalue weighted by Crippen LogP contribution is -2.29. The summed E-state index contributed by atoms with van der Waals surface area (Å²) in [5.74, 6) is 0.534. The summed E-state index contributed by atoms with van der Waals surface area (Å²) in [6.45, 7) is 2.76. The van der Waals surface area contributed by atoms with Gasteiger partial charge in [-0.25, -0.2) is 0 Å². The van der Waals surface area contributed by atoms with Gasteiger partial charge in [0, 0.05) is 38.4 Å². The minimum Gasteiger partial charge on any atom is -0.378 e. The highest BCUT2D eigenvalue weighted by atomic mass is 16.1. The maximum Gasteiger partial charge on any atom is 0.251 e. The lowest BCUT2D eigenvalue weighted by atomic mass is 9.90. The van der Waals surface area contributed by atoms with Crippen LogP contribution in [-0.4, -0.2) is 39.6 Å². The average Bonchev–Trinajstić information content (AvgIpc) is 2.69. The Morgan fingerprint density at radius 3 is 2.69 bits per heavy atom. The lowest BCUT2D eigenvalue weighted by Gasteiger charge is -2.23. The third-order valence-electron chi connectivity index (χ3n) is 5.07. The first-order valence-electron chi connectivity index (χ1n) is 9.48. The van der Waals surface area contributed by atoms with Crippen LogP contribution in [0.2, 0.25) is 0 Å². The van der Waals surface area contributed by atoms with Gasteiger partial charge in [-0.3, -0.25) is 4.79 Å². The summed E-state index contributed by atoms with van der Waals surface area (Å²) in [4.78, 5) is 14.6. The molecule has 1 aliphatic heterocycles. The third-order valence-corrected chi connectivity index (χ3v) is 5.07. The molecule has 2 aromatic carbocycles. The standard InChI is InChI=1S/C22H29N3O/c1-25(2)21-10-8-17(9-11-21)12-14-24-22(26)19-6-3-5-18(15-19)20-7-4-13-23-16-20/h3,5-6,8-11,15,20,23H,4,7,12-14,16H2,1-2H3,(H,24,26)/t20-/m0/s1. The smallest absolute Gasteiger partial charge is 0.251 e. The molecule has 1 atom stereocenters. The summed E-state index contributed by atoms with van der Waals surface area (Å²) in [6.07, 6.45) is 3.24. The molecule has 4 nitrogen and oxygen atoms in total. The van der Waals surface area contributed by atoms with Gasteiger partial charge in [0.2, 0.25) is 0 Å². The molecular weight excluding hydrogens is 322 g/mol. The molecule has 3 rings (SSSR count). The molecule has 4 heteroatoms. The highest BCUT2D eigenvalue weighted by Gasteiger charge is 2.16. The monoisotopic (exact) mass is 351 g/mol. The average molecular weight is 351 g/mol. The fourth-order valence-corrected chi connectivity index (χ4v) is 3.45. The Morgan fingerprint density at radius 2 is 2.00 bits per heavy atom. The number of hydrogen-bond donors (Lipinski definition) is 2. The Balaban J connectivity index is 1.53. The van der Waals surface area contributed by atoms with Crippen molar-refractivity contribution in [2.24, 2.45) is 0 Å². The normalized spacial score (nSPS) is 16.9. The summed E-state index contributed by atoms with van der Waals surface area (Å²) in [6, 6.07) is 16.6. The Bertz CT molecular complexity index is 718. The van der Waals surface area contributed by atoms with Crippen LogP contribution in [0, 0.1) is 0 Å². The van der Waals surface area contributed by atoms with Crippen LogP contribution in [0.4, 0.5) is 5.69 Å². The summed E-state index contributed by atoms with van der Waals surface area (Å²) in [7, 11) is 4.07. The number of nitrogens with one attached hydrogen (secondary N) is 2. The summed E-state index contributed by atoms with van der Waals surface area (Å²) in [5, 5.41) is 6.49. The van der Waals surface area contributed by atoms with Gasteiger partial charge in [0.25, 0.3) is 5.91 Å². The van der Waals surface area contributed by atoms with Gasteiger partial charge < -0.3 is 15.5 Å². The van der Waals surface area contributed by atoms with E-state index >= 15 is 0 Å². The van der Waals surface area contributed by atoms with Gasteiger partial charge in [0.1, 0.15) is 0 Å². The molecular formula is C22H29N3O. The number of carbonyl (C=O) groups is 1. The Hall–Kier alpha value is -2.33. The van der Waals surface area contributed by atoms with Crippen molar-refractivity contribution >= 4 is 11.6 Å². The van der Waals surface area contributed by atoms with E-state index in [1.54, 1.807) is 0 Å². The summed E-state index contributed by atoms with van der Waals surface area (Å²) < 4.78 is 0. The van der Waals surface area contributed by atoms with Crippen LogP contribution in [0.1, 0.15) is 40.2 Å². The third kappa shape index (κ3) is 4.85. The van der Waals surface area contributed by atoms with Gasteiger partial charge >= 0.3 is 0 Å². The van der Waals surface area contributed by atoms with Gasteiger partial charge in [-0.2, -0.15) is 0 Å². The summed E-state index contributed by atoms with van der Waals surface area (Å²) in [5.41, 5.74) is 4.45. The molecule has 2 N–H and O–H groups in total. The van der Waals surface area contributed by atoms with Crippen LogP contribution >= 0.6 is 0 Å². The molecule has 1 saturated heterocycles. The van der Waals surface area contributed by atoms with Crippen molar-refractivity contribution in [3.05, 3.63) is 65.2 Å². The van der Waals surface area contributed by atoms with Gasteiger partial charge in [-0.1, -0.05) is 24.3 Å². The molecule has 0 aliphatic carbocycles. The van der Waals surface area contributed by atoms with Gasteiger partial charge in [-0.15, -0.1) is 0 Å². The minimum atomic E-state index is 0.0144. The molecule has 1 heterocycles. The highest BCUT2D eigenvalue weighted by Crippen LogP contribution is 2.23. The van der Waals surface area contributed by atoms with Crippen molar-refractivity contribution in [3.63, 3.8) is 0 Å². The van der Waals surface area contributed by atoms with Crippen molar-refractivity contribution in [1.82, 2.24) is 10.6 Å². The van der Waals surface area contributed by atoms with E-state index in [4.69, 9.17) is 0 Å². The fraction of sp³-hybridized carbons (Fsp3) is 0.409. The molecule has 0 unspecified atom stereocenters. The molecule has 26 heavy (non-hydrogen) atoms. The van der Waals surface area contributed by atoms with Gasteiger partial charge in [0.15, 0.2) is 0 Å². The van der Waals surface area contributed by atoms with Gasteiger partial charge in [-0.05, 0) is 67.1 Å². The number of carbonyl (C=O) groups excluding carboxylic acids is 1. The number of hydrogen-bond acceptors (Lipinski definition) is 3. The molecule has 0 saturated carbocycles. The summed E-state index contributed by atoms with van der Waals surface area (Å²) >= 11 is 0. The van der Waals surface area contributed by atoms with Crippen molar-refractivity contribution in [2.75, 3.05) is 38.6 Å². The second kappa shape index (κ2) is 8.86. The van der Waals surface area contributed by atoms with Gasteiger partial charge in [0.05, 0.1) is 0 Å². The number of rotatable bonds is 6. The van der Waals surface area contributed by atoms with Crippen molar-refractivity contribution < 1.29 is 4.79 Å². The van der Waals surface area contributed by atoms with E-state index in [0.717, 1.165) is 25.1 Å². The second-order valence-electron chi connectivity index (χ2n) is 7.24. The molecule has 1 amide bonds. The quantitative estimate of drug-likeness (QED) is 0.840. The SMILES string of the molecule is CN(C)c1ccc(CCNC(=O)c2cccc([C@H]3CCCNC3)c2)cc1. The zero-order valence-corrected chi connectivity index (χ0v) is 15.8. The van der Waals surface area contributed by atoms with E-state index in [2.05, 4.69) is 51.9 Å². The molecule has 2 aromatic rings. The molecule has 0 radical (unpaired) electrons. The largest absolute Gasteiger partial charge is 0.378 e. The maximum absolute atomic E-state index is 12.5. The molecule has 0 aromatic heterocycles. The number of amides is 1. The minimum absolute atomic E-state index is 0.0144. The fourth-order valence-electron chi connectivity index (χ4n) is 3.45. The predicted molar refractivity (Wildman–Crippen MR) is 108 cm³/mol. The Kier molecular flexibility index (Phi) is 6.29. The lowest BCUT2D eigenvalue weighted by molar-refractivity contribution is 0.0954. The molecule has 138 valence electrons. The van der Waals surface area contributed by atoms with E-state index in [1.807, 2.05) is 26.2 Å². The number of piperidine rings is 1. The van der Waals surface area contributed by atoms with E-state index in [9.17, 15) is 4.79 Å². The predicted octanol–water partition coefficient (Wildman–Crippen LogP) is 3.19. The number of nitrogens with zero attached hydrogens (tertiary/aromatic N) is 1. The zero-order valence-electron chi connectivity index (χ0n) is 15.8. The van der Waals surface area contributed by atoms with Crippen LogP contribution in [-0.2, 0) is 6.42 Å². The number of anilines is 1. The topological polar surface area (TPSA) is 44.4 Å². The molecule has 1 aliphatic rings. The van der Waals surface area contributed by atoms with Crippen molar-refractivity contribution in [3.8, 4) is 0 Å². The Morgan fingerprint density at radius 1 is 1.19 bits per heavy atom. The van der Waals surface area contributed by atoms with Crippen molar-refractivity contribution in [1.29, 1.82) is 0 Å². The van der Waals surface area contributed by atoms with E-state index in [0.29, 0.717) is 12.5 Å². The number of benzene rings is 2. The van der Waals surface area contributed by atoms with Crippen LogP contribution in [0.3, 0.4) is 0 Å². The molecule has 0 bridgehead atoms.